The van der Waals surface area contributed by atoms with Crippen LogP contribution in [-0.2, 0) is 0 Å². The van der Waals surface area contributed by atoms with E-state index >= 15 is 0 Å². The van der Waals surface area contributed by atoms with E-state index in [1.807, 2.05) is 5.70 Å². The normalized spacial score (nSPS) is 13.3. The van der Waals surface area contributed by atoms with Gasteiger partial charge in [0, 0.05) is 0 Å². The molecule has 0 heterocycles. The van der Waals surface area contributed by atoms with Crippen molar-refractivity contribution in [3.8, 4) is 0 Å². The van der Waals surface area contributed by atoms with Gasteiger partial charge in [0.05, 0.1) is 0 Å². The average Bonchev–Trinajstić information content (AvgIpc) is 2.36. The number of benzene rings is 2. The molecule has 17 heavy (non-hydrogen) atoms. The molecule has 0 aliphatic heterocycles. The Bertz CT molecular complexity index is 514. The molecule has 0 bridgehead atoms. The van der Waals surface area contributed by atoms with Crippen LogP contribution >= 0.6 is 0 Å². The van der Waals surface area contributed by atoms with E-state index in [9.17, 15) is 4.80 Å². The lowest BCUT2D eigenvalue weighted by Crippen LogP contribution is -2.06. The van der Waals surface area contributed by atoms with E-state index in [1.165, 1.54) is 16.3 Å². The zero-order chi connectivity index (χ0) is 12.1. The molecule has 0 radical (unpaired) electrons. The van der Waals surface area contributed by atoms with Crippen molar-refractivity contribution in [3.05, 3.63) is 53.7 Å². The van der Waals surface area contributed by atoms with Crippen molar-refractivity contribution in [2.24, 2.45) is 0 Å². The molecule has 2 rings (SSSR count). The molecule has 2 heteroatoms. The summed E-state index contributed by atoms with van der Waals surface area (Å²) in [7, 11) is -1.63. The molecule has 1 N–H and O–H groups in total. The molecule has 0 aliphatic rings. The van der Waals surface area contributed by atoms with Gasteiger partial charge in [0.15, 0.2) is 9.04 Å². The highest BCUT2D eigenvalue weighted by Gasteiger charge is 2.01. The Kier molecular flexibility index (Phi) is 4.12. The van der Waals surface area contributed by atoms with Crippen LogP contribution in [0.2, 0.25) is 6.04 Å². The lowest BCUT2D eigenvalue weighted by atomic mass is 10.1. The second-order valence-electron chi connectivity index (χ2n) is 4.28. The molecule has 0 fully saturated rings. The molecule has 0 saturated carbocycles. The second kappa shape index (κ2) is 5.80. The zero-order valence-corrected chi connectivity index (χ0v) is 11.3. The number of rotatable bonds is 4. The summed E-state index contributed by atoms with van der Waals surface area (Å²) in [5, 5.41) is 2.50. The predicted octanol–water partition coefficient (Wildman–Crippen LogP) is 3.52. The molecule has 1 atom stereocenters. The fraction of sp³-hybridized carbons (Fsp3) is 0.200. The van der Waals surface area contributed by atoms with Crippen molar-refractivity contribution >= 4 is 25.9 Å². The summed E-state index contributed by atoms with van der Waals surface area (Å²) in [4.78, 5) is 9.83. The van der Waals surface area contributed by atoms with E-state index in [1.54, 1.807) is 0 Å². The third kappa shape index (κ3) is 3.05. The molecule has 0 aromatic heterocycles. The van der Waals surface area contributed by atoms with Crippen molar-refractivity contribution in [2.45, 2.75) is 19.4 Å². The molecule has 2 aromatic carbocycles. The van der Waals surface area contributed by atoms with Gasteiger partial charge in [-0.1, -0.05) is 67.6 Å². The first-order valence-corrected chi connectivity index (χ1v) is 8.15. The van der Waals surface area contributed by atoms with Crippen LogP contribution in [0.15, 0.2) is 48.2 Å². The fourth-order valence-corrected chi connectivity index (χ4v) is 3.22. The molecule has 1 unspecified atom stereocenters. The minimum absolute atomic E-state index is 0.960. The Morgan fingerprint density at radius 3 is 2.71 bits per heavy atom. The highest BCUT2D eigenvalue weighted by atomic mass is 28.3. The van der Waals surface area contributed by atoms with E-state index in [-0.39, 0.29) is 0 Å². The number of fused-ring (bicyclic) bond motifs is 1. The Morgan fingerprint density at radius 2 is 1.88 bits per heavy atom. The van der Waals surface area contributed by atoms with Crippen LogP contribution in [-0.4, -0.2) is 13.8 Å². The van der Waals surface area contributed by atoms with Gasteiger partial charge in [-0.25, -0.2) is 0 Å². The van der Waals surface area contributed by atoms with E-state index in [0.29, 0.717) is 0 Å². The molecule has 0 spiro atoms. The number of hydrogen-bond acceptors (Lipinski definition) is 1. The highest BCUT2D eigenvalue weighted by Crippen LogP contribution is 2.19. The van der Waals surface area contributed by atoms with Gasteiger partial charge in [0.25, 0.3) is 0 Å². The lowest BCUT2D eigenvalue weighted by Gasteiger charge is -2.03. The Balaban J connectivity index is 2.30. The molecule has 0 amide bonds. The number of hydrogen-bond donors (Lipinski definition) is 1. The minimum atomic E-state index is -1.63. The van der Waals surface area contributed by atoms with Crippen LogP contribution < -0.4 is 0 Å². The summed E-state index contributed by atoms with van der Waals surface area (Å²) in [6, 6.07) is 15.6. The third-order valence-electron chi connectivity index (χ3n) is 2.91. The summed E-state index contributed by atoms with van der Waals surface area (Å²) in [5.41, 5.74) is 3.22. The first-order chi connectivity index (χ1) is 8.31. The minimum Gasteiger partial charge on any atom is -0.431 e. The van der Waals surface area contributed by atoms with Crippen LogP contribution in [0.5, 0.6) is 0 Å². The van der Waals surface area contributed by atoms with E-state index < -0.39 is 9.04 Å². The molecular weight excluding hydrogens is 224 g/mol. The van der Waals surface area contributed by atoms with Crippen molar-refractivity contribution in [2.75, 3.05) is 0 Å². The quantitative estimate of drug-likeness (QED) is 0.813. The first kappa shape index (κ1) is 12.1. The molecular formula is C15H18OSi. The van der Waals surface area contributed by atoms with Gasteiger partial charge in [0.2, 0.25) is 0 Å². The molecule has 88 valence electrons. The van der Waals surface area contributed by atoms with Crippen LogP contribution in [0, 0.1) is 0 Å². The standard InChI is InChI=1S/C15H18OSi/c1-2-11-17(16)12-10-14-8-5-7-13-6-3-4-9-15(13)14/h3-10,12,16-17H,2,11H2,1H3. The van der Waals surface area contributed by atoms with Crippen molar-refractivity contribution in [1.82, 2.24) is 0 Å². The smallest absolute Gasteiger partial charge is 0.196 e. The SMILES string of the molecule is CCC[SiH](O)C=Cc1cccc2ccccc12. The summed E-state index contributed by atoms with van der Waals surface area (Å²) in [6.07, 6.45) is 3.14. The van der Waals surface area contributed by atoms with Crippen LogP contribution in [0.25, 0.3) is 16.8 Å². The molecule has 1 nitrogen and oxygen atoms in total. The predicted molar refractivity (Wildman–Crippen MR) is 77.4 cm³/mol. The fourth-order valence-electron chi connectivity index (χ4n) is 2.00. The maximum Gasteiger partial charge on any atom is 0.196 e. The lowest BCUT2D eigenvalue weighted by molar-refractivity contribution is 0.580. The van der Waals surface area contributed by atoms with Gasteiger partial charge in [-0.2, -0.15) is 0 Å². The zero-order valence-electron chi connectivity index (χ0n) is 10.1. The maximum absolute atomic E-state index is 9.83. The maximum atomic E-state index is 9.83. The Hall–Kier alpha value is -1.38. The van der Waals surface area contributed by atoms with Crippen LogP contribution in [0.4, 0.5) is 0 Å². The monoisotopic (exact) mass is 242 g/mol. The van der Waals surface area contributed by atoms with E-state index in [0.717, 1.165) is 12.5 Å². The van der Waals surface area contributed by atoms with E-state index in [4.69, 9.17) is 0 Å². The van der Waals surface area contributed by atoms with Crippen molar-refractivity contribution in [1.29, 1.82) is 0 Å². The molecule has 0 aliphatic carbocycles. The Labute approximate surface area is 104 Å². The molecule has 2 aromatic rings. The summed E-state index contributed by atoms with van der Waals surface area (Å²) < 4.78 is 0. The highest BCUT2D eigenvalue weighted by molar-refractivity contribution is 6.57. The topological polar surface area (TPSA) is 20.2 Å². The van der Waals surface area contributed by atoms with Gasteiger partial charge in [-0.05, 0) is 22.4 Å². The van der Waals surface area contributed by atoms with Crippen LogP contribution in [0.3, 0.4) is 0 Å². The summed E-state index contributed by atoms with van der Waals surface area (Å²) >= 11 is 0. The largest absolute Gasteiger partial charge is 0.431 e. The third-order valence-corrected chi connectivity index (χ3v) is 4.71. The van der Waals surface area contributed by atoms with Gasteiger partial charge >= 0.3 is 0 Å². The van der Waals surface area contributed by atoms with Gasteiger partial charge in [-0.3, -0.25) is 0 Å². The molecule has 0 saturated heterocycles. The second-order valence-corrected chi connectivity index (χ2v) is 6.38. The average molecular weight is 242 g/mol. The van der Waals surface area contributed by atoms with Gasteiger partial charge < -0.3 is 4.80 Å². The van der Waals surface area contributed by atoms with Gasteiger partial charge in [-0.15, -0.1) is 0 Å². The summed E-state index contributed by atoms with van der Waals surface area (Å²) in [5.74, 6) is 0. The van der Waals surface area contributed by atoms with Gasteiger partial charge in [0.1, 0.15) is 0 Å². The van der Waals surface area contributed by atoms with Crippen molar-refractivity contribution in [3.63, 3.8) is 0 Å². The first-order valence-electron chi connectivity index (χ1n) is 6.15. The van der Waals surface area contributed by atoms with E-state index in [2.05, 4.69) is 55.5 Å². The summed E-state index contributed by atoms with van der Waals surface area (Å²) in [6.45, 7) is 2.11. The van der Waals surface area contributed by atoms with Crippen LogP contribution in [0.1, 0.15) is 18.9 Å². The van der Waals surface area contributed by atoms with Crippen molar-refractivity contribution < 1.29 is 4.80 Å². The Morgan fingerprint density at radius 1 is 1.12 bits per heavy atom.